The van der Waals surface area contributed by atoms with E-state index in [9.17, 15) is 17.6 Å². The molecule has 36 heavy (non-hydrogen) atoms. The van der Waals surface area contributed by atoms with Gasteiger partial charge in [0, 0.05) is 18.3 Å². The highest BCUT2D eigenvalue weighted by atomic mass is 79.9. The zero-order valence-corrected chi connectivity index (χ0v) is 22.6. The van der Waals surface area contributed by atoms with Crippen LogP contribution in [0.1, 0.15) is 37.1 Å². The molecule has 13 heteroatoms. The molecule has 4 rings (SSSR count). The number of ether oxygens (including phenoxy) is 2. The summed E-state index contributed by atoms with van der Waals surface area (Å²) < 4.78 is 54.1. The smallest absolute Gasteiger partial charge is 0.327 e. The van der Waals surface area contributed by atoms with Gasteiger partial charge >= 0.3 is 5.97 Å². The van der Waals surface area contributed by atoms with Gasteiger partial charge < -0.3 is 9.47 Å². The fourth-order valence-electron chi connectivity index (χ4n) is 4.06. The van der Waals surface area contributed by atoms with Crippen LogP contribution in [0, 0.1) is 5.82 Å². The quantitative estimate of drug-likeness (QED) is 0.339. The number of hydrogen-bond acceptors (Lipinski definition) is 7. The average molecular weight is 602 g/mol. The third-order valence-electron chi connectivity index (χ3n) is 5.81. The van der Waals surface area contributed by atoms with Gasteiger partial charge in [0.25, 0.3) is 0 Å². The number of sulfonamides is 1. The zero-order valence-electron chi connectivity index (χ0n) is 19.4. The summed E-state index contributed by atoms with van der Waals surface area (Å²) in [6, 6.07) is 4.58. The number of carbonyl (C=O) groups is 1. The van der Waals surface area contributed by atoms with Crippen LogP contribution in [0.3, 0.4) is 0 Å². The number of carbonyl (C=O) groups excluding carboxylic acids is 1. The second-order valence-electron chi connectivity index (χ2n) is 8.07. The van der Waals surface area contributed by atoms with E-state index in [1.54, 1.807) is 17.8 Å². The fraction of sp³-hybridized carbons (Fsp3) is 0.348. The maximum absolute atomic E-state index is 13.5. The lowest BCUT2D eigenvalue weighted by atomic mass is 9.93. The molecule has 0 amide bonds. The molecule has 0 saturated carbocycles. The standard InChI is InChI=1S/C23H23BrClFN4O5S/c1-3-34-22(31)13-30-20-6-4-5-19(16(20)12-28-30)29(2)36(32,33)15-10-17(24)23(27-11-15)35-21-8-7-14(26)9-18(21)25/h7-12,19H,3-6,13H2,1-2H3/t19-/m1/s1. The molecule has 192 valence electrons. The second kappa shape index (κ2) is 10.8. The van der Waals surface area contributed by atoms with Gasteiger partial charge in [-0.15, -0.1) is 0 Å². The second-order valence-corrected chi connectivity index (χ2v) is 11.3. The molecule has 0 bridgehead atoms. The van der Waals surface area contributed by atoms with E-state index in [2.05, 4.69) is 26.0 Å². The number of hydrogen-bond donors (Lipinski definition) is 0. The molecule has 9 nitrogen and oxygen atoms in total. The third-order valence-corrected chi connectivity index (χ3v) is 8.51. The van der Waals surface area contributed by atoms with Gasteiger partial charge in [-0.1, -0.05) is 11.6 Å². The van der Waals surface area contributed by atoms with Crippen molar-refractivity contribution < 1.29 is 27.1 Å². The largest absolute Gasteiger partial charge is 0.465 e. The Morgan fingerprint density at radius 1 is 1.33 bits per heavy atom. The van der Waals surface area contributed by atoms with Gasteiger partial charge in [-0.3, -0.25) is 9.48 Å². The summed E-state index contributed by atoms with van der Waals surface area (Å²) in [5.74, 6) is -0.660. The molecular weight excluding hydrogens is 579 g/mol. The average Bonchev–Trinajstić information content (AvgIpc) is 3.24. The summed E-state index contributed by atoms with van der Waals surface area (Å²) in [5.41, 5.74) is 1.58. The van der Waals surface area contributed by atoms with Crippen molar-refractivity contribution in [2.24, 2.45) is 0 Å². The van der Waals surface area contributed by atoms with Crippen LogP contribution in [-0.2, 0) is 32.5 Å². The van der Waals surface area contributed by atoms with E-state index in [-0.39, 0.29) is 39.2 Å². The molecule has 0 aliphatic heterocycles. The van der Waals surface area contributed by atoms with E-state index >= 15 is 0 Å². The molecule has 2 heterocycles. The number of pyridine rings is 1. The Labute approximate surface area is 221 Å². The van der Waals surface area contributed by atoms with E-state index in [1.165, 1.54) is 35.7 Å². The summed E-state index contributed by atoms with van der Waals surface area (Å²) in [7, 11) is -2.44. The first-order chi connectivity index (χ1) is 17.1. The highest BCUT2D eigenvalue weighted by Crippen LogP contribution is 2.38. The van der Waals surface area contributed by atoms with Gasteiger partial charge in [0.05, 0.1) is 34.5 Å². The van der Waals surface area contributed by atoms with Crippen molar-refractivity contribution in [3.05, 3.63) is 63.2 Å². The number of aromatic nitrogens is 3. The first kappa shape index (κ1) is 26.5. The van der Waals surface area contributed by atoms with E-state index in [1.807, 2.05) is 0 Å². The van der Waals surface area contributed by atoms with Crippen LogP contribution in [0.4, 0.5) is 4.39 Å². The monoisotopic (exact) mass is 600 g/mol. The molecule has 3 aromatic rings. The van der Waals surface area contributed by atoms with Gasteiger partial charge in [-0.2, -0.15) is 9.40 Å². The van der Waals surface area contributed by atoms with Crippen molar-refractivity contribution in [3.63, 3.8) is 0 Å². The molecule has 2 aromatic heterocycles. The van der Waals surface area contributed by atoms with E-state index in [0.717, 1.165) is 23.7 Å². The Kier molecular flexibility index (Phi) is 7.98. The molecule has 0 spiro atoms. The number of fused-ring (bicyclic) bond motifs is 1. The van der Waals surface area contributed by atoms with Crippen LogP contribution >= 0.6 is 27.5 Å². The molecule has 1 aliphatic rings. The van der Waals surface area contributed by atoms with Crippen LogP contribution in [0.5, 0.6) is 11.6 Å². The zero-order chi connectivity index (χ0) is 26.0. The minimum Gasteiger partial charge on any atom is -0.465 e. The van der Waals surface area contributed by atoms with Crippen molar-refractivity contribution in [2.45, 2.75) is 43.7 Å². The van der Waals surface area contributed by atoms with Crippen molar-refractivity contribution in [3.8, 4) is 11.6 Å². The topological polar surface area (TPSA) is 104 Å². The molecule has 1 aliphatic carbocycles. The minimum atomic E-state index is -3.95. The summed E-state index contributed by atoms with van der Waals surface area (Å²) >= 11 is 9.31. The molecular formula is C23H23BrClFN4O5S. The summed E-state index contributed by atoms with van der Waals surface area (Å²) in [5, 5.41) is 4.36. The van der Waals surface area contributed by atoms with Crippen LogP contribution in [0.15, 0.2) is 46.0 Å². The van der Waals surface area contributed by atoms with Crippen molar-refractivity contribution in [2.75, 3.05) is 13.7 Å². The minimum absolute atomic E-state index is 0.0250. The molecule has 0 radical (unpaired) electrons. The maximum atomic E-state index is 13.5. The van der Waals surface area contributed by atoms with Crippen LogP contribution < -0.4 is 4.74 Å². The summed E-state index contributed by atoms with van der Waals surface area (Å²) in [4.78, 5) is 16.0. The van der Waals surface area contributed by atoms with Crippen LogP contribution in [0.2, 0.25) is 5.02 Å². The van der Waals surface area contributed by atoms with E-state index in [0.29, 0.717) is 12.8 Å². The highest BCUT2D eigenvalue weighted by Gasteiger charge is 2.35. The van der Waals surface area contributed by atoms with Crippen molar-refractivity contribution in [1.29, 1.82) is 0 Å². The Morgan fingerprint density at radius 2 is 2.11 bits per heavy atom. The van der Waals surface area contributed by atoms with Crippen LogP contribution in [0.25, 0.3) is 0 Å². The first-order valence-corrected chi connectivity index (χ1v) is 13.7. The number of rotatable bonds is 8. The van der Waals surface area contributed by atoms with Gasteiger partial charge in [0.2, 0.25) is 15.9 Å². The predicted octanol–water partition coefficient (Wildman–Crippen LogP) is 4.89. The van der Waals surface area contributed by atoms with Crippen molar-refractivity contribution >= 4 is 43.5 Å². The number of benzene rings is 1. The molecule has 0 saturated heterocycles. The number of nitrogens with zero attached hydrogens (tertiary/aromatic N) is 4. The fourth-order valence-corrected chi connectivity index (χ4v) is 6.18. The molecule has 0 N–H and O–H groups in total. The van der Waals surface area contributed by atoms with Gasteiger partial charge in [-0.25, -0.2) is 17.8 Å². The molecule has 1 aromatic carbocycles. The van der Waals surface area contributed by atoms with Crippen molar-refractivity contribution in [1.82, 2.24) is 19.1 Å². The highest BCUT2D eigenvalue weighted by molar-refractivity contribution is 9.10. The number of esters is 1. The van der Waals surface area contributed by atoms with Crippen LogP contribution in [-0.4, -0.2) is 47.1 Å². The van der Waals surface area contributed by atoms with Gasteiger partial charge in [-0.05, 0) is 66.4 Å². The normalized spacial score (nSPS) is 15.6. The Hall–Kier alpha value is -2.54. The SMILES string of the molecule is CCOC(=O)Cn1ncc2c1CCC[C@H]2N(C)S(=O)(=O)c1cnc(Oc2ccc(F)cc2Cl)c(Br)c1. The predicted molar refractivity (Wildman–Crippen MR) is 133 cm³/mol. The Bertz CT molecular complexity index is 1400. The molecule has 1 atom stereocenters. The van der Waals surface area contributed by atoms with E-state index < -0.39 is 27.9 Å². The Balaban J connectivity index is 1.57. The summed E-state index contributed by atoms with van der Waals surface area (Å²) in [6.45, 7) is 1.98. The van der Waals surface area contributed by atoms with Gasteiger partial charge in [0.1, 0.15) is 23.0 Å². The van der Waals surface area contributed by atoms with Gasteiger partial charge in [0.15, 0.2) is 0 Å². The number of halogens is 3. The maximum Gasteiger partial charge on any atom is 0.327 e. The molecule has 0 unspecified atom stereocenters. The lowest BCUT2D eigenvalue weighted by Gasteiger charge is -2.30. The van der Waals surface area contributed by atoms with E-state index in [4.69, 9.17) is 21.1 Å². The molecule has 0 fully saturated rings. The lowest BCUT2D eigenvalue weighted by molar-refractivity contribution is -0.144. The first-order valence-electron chi connectivity index (χ1n) is 11.1. The summed E-state index contributed by atoms with van der Waals surface area (Å²) in [6.07, 6.45) is 4.83. The lowest BCUT2D eigenvalue weighted by Crippen LogP contribution is -2.33. The third kappa shape index (κ3) is 5.41. The Morgan fingerprint density at radius 3 is 2.81 bits per heavy atom.